The molecule has 37 heavy (non-hydrogen) atoms. The second-order valence-corrected chi connectivity index (χ2v) is 10.2. The molecular weight excluding hydrogens is 460 g/mol. The van der Waals surface area contributed by atoms with Crippen LogP contribution < -0.4 is 4.74 Å². The predicted octanol–water partition coefficient (Wildman–Crippen LogP) is 9.87. The molecule has 0 saturated heterocycles. The Hall–Kier alpha value is -2.43. The van der Waals surface area contributed by atoms with Crippen molar-refractivity contribution in [3.63, 3.8) is 0 Å². The van der Waals surface area contributed by atoms with Gasteiger partial charge in [-0.25, -0.2) is 14.8 Å². The van der Waals surface area contributed by atoms with Crippen molar-refractivity contribution >= 4 is 6.16 Å². The lowest BCUT2D eigenvalue weighted by atomic mass is 10.0. The topological polar surface area (TPSA) is 61.3 Å². The average Bonchev–Trinajstić information content (AvgIpc) is 2.92. The van der Waals surface area contributed by atoms with Crippen molar-refractivity contribution in [3.8, 4) is 17.1 Å². The van der Waals surface area contributed by atoms with E-state index in [1.165, 1.54) is 102 Å². The Bertz CT molecular complexity index is 821. The third kappa shape index (κ3) is 14.8. The lowest BCUT2D eigenvalue weighted by Gasteiger charge is -2.07. The molecule has 0 spiro atoms. The summed E-state index contributed by atoms with van der Waals surface area (Å²) in [6.45, 7) is 4.90. The van der Waals surface area contributed by atoms with Gasteiger partial charge < -0.3 is 9.47 Å². The molecule has 0 N–H and O–H groups in total. The maximum Gasteiger partial charge on any atom is 0.513 e. The van der Waals surface area contributed by atoms with Gasteiger partial charge in [0.15, 0.2) is 5.82 Å². The molecule has 0 aliphatic rings. The van der Waals surface area contributed by atoms with Crippen LogP contribution in [-0.4, -0.2) is 22.7 Å². The fourth-order valence-corrected chi connectivity index (χ4v) is 4.46. The van der Waals surface area contributed by atoms with E-state index in [2.05, 4.69) is 23.8 Å². The van der Waals surface area contributed by atoms with Crippen LogP contribution in [0.2, 0.25) is 0 Å². The molecule has 0 aliphatic heterocycles. The van der Waals surface area contributed by atoms with Gasteiger partial charge in [0.05, 0.1) is 6.61 Å². The van der Waals surface area contributed by atoms with Crippen LogP contribution in [0, 0.1) is 0 Å². The fourth-order valence-electron chi connectivity index (χ4n) is 4.46. The second kappa shape index (κ2) is 20.6. The highest BCUT2D eigenvalue weighted by Crippen LogP contribution is 2.20. The van der Waals surface area contributed by atoms with Crippen LogP contribution in [0.15, 0.2) is 36.7 Å². The van der Waals surface area contributed by atoms with Crippen LogP contribution >= 0.6 is 0 Å². The number of ether oxygens (including phenoxy) is 2. The van der Waals surface area contributed by atoms with Crippen LogP contribution in [-0.2, 0) is 11.2 Å². The number of aryl methyl sites for hydroxylation is 1. The minimum atomic E-state index is -0.647. The molecule has 206 valence electrons. The Labute approximate surface area is 225 Å². The largest absolute Gasteiger partial charge is 0.513 e. The maximum absolute atomic E-state index is 11.9. The van der Waals surface area contributed by atoms with E-state index >= 15 is 0 Å². The van der Waals surface area contributed by atoms with Crippen molar-refractivity contribution in [1.29, 1.82) is 0 Å². The summed E-state index contributed by atoms with van der Waals surface area (Å²) in [6, 6.07) is 7.25. The van der Waals surface area contributed by atoms with Crippen molar-refractivity contribution < 1.29 is 14.3 Å². The summed E-state index contributed by atoms with van der Waals surface area (Å²) in [6.07, 6.45) is 26.0. The number of hydrogen-bond acceptors (Lipinski definition) is 5. The van der Waals surface area contributed by atoms with E-state index in [9.17, 15) is 4.79 Å². The molecule has 0 radical (unpaired) electrons. The number of unbranched alkanes of at least 4 members (excludes halogenated alkanes) is 15. The normalized spacial score (nSPS) is 11.0. The van der Waals surface area contributed by atoms with Gasteiger partial charge in [-0.05, 0) is 49.1 Å². The zero-order valence-corrected chi connectivity index (χ0v) is 23.5. The van der Waals surface area contributed by atoms with Gasteiger partial charge in [0.2, 0.25) is 0 Å². The molecule has 1 aromatic carbocycles. The third-order valence-electron chi connectivity index (χ3n) is 6.81. The summed E-state index contributed by atoms with van der Waals surface area (Å²) >= 11 is 0. The monoisotopic (exact) mass is 510 g/mol. The first kappa shape index (κ1) is 30.8. The first-order valence-corrected chi connectivity index (χ1v) is 15.0. The highest BCUT2D eigenvalue weighted by molar-refractivity contribution is 5.64. The van der Waals surface area contributed by atoms with Gasteiger partial charge in [-0.3, -0.25) is 0 Å². The van der Waals surface area contributed by atoms with Crippen LogP contribution in [0.5, 0.6) is 5.75 Å². The zero-order valence-electron chi connectivity index (χ0n) is 23.5. The number of carbonyl (C=O) groups excluding carboxylic acids is 1. The molecule has 5 heteroatoms. The quantitative estimate of drug-likeness (QED) is 0.0949. The van der Waals surface area contributed by atoms with Gasteiger partial charge in [0.1, 0.15) is 5.75 Å². The third-order valence-corrected chi connectivity index (χ3v) is 6.81. The van der Waals surface area contributed by atoms with E-state index in [4.69, 9.17) is 9.47 Å². The number of hydrogen-bond donors (Lipinski definition) is 0. The van der Waals surface area contributed by atoms with Crippen LogP contribution in [0.1, 0.15) is 129 Å². The predicted molar refractivity (Wildman–Crippen MR) is 153 cm³/mol. The van der Waals surface area contributed by atoms with Crippen molar-refractivity contribution in [3.05, 3.63) is 42.2 Å². The van der Waals surface area contributed by atoms with Gasteiger partial charge in [0, 0.05) is 18.0 Å². The lowest BCUT2D eigenvalue weighted by molar-refractivity contribution is 0.0973. The van der Waals surface area contributed by atoms with Gasteiger partial charge >= 0.3 is 6.16 Å². The molecule has 0 unspecified atom stereocenters. The Morgan fingerprint density at radius 3 is 1.68 bits per heavy atom. The first-order chi connectivity index (χ1) is 18.2. The van der Waals surface area contributed by atoms with Gasteiger partial charge in [-0.2, -0.15) is 0 Å². The molecule has 0 aliphatic carbocycles. The summed E-state index contributed by atoms with van der Waals surface area (Å²) in [5.74, 6) is 1.14. The first-order valence-electron chi connectivity index (χ1n) is 15.0. The maximum atomic E-state index is 11.9. The smallest absolute Gasteiger partial charge is 0.434 e. The van der Waals surface area contributed by atoms with E-state index in [0.717, 1.165) is 24.8 Å². The molecule has 5 nitrogen and oxygen atoms in total. The summed E-state index contributed by atoms with van der Waals surface area (Å²) in [7, 11) is 0. The molecule has 0 bridgehead atoms. The molecule has 2 rings (SSSR count). The average molecular weight is 511 g/mol. The van der Waals surface area contributed by atoms with Gasteiger partial charge in [0.25, 0.3) is 0 Å². The van der Waals surface area contributed by atoms with Crippen molar-refractivity contribution in [2.75, 3.05) is 6.61 Å². The number of benzene rings is 1. The van der Waals surface area contributed by atoms with E-state index in [1.807, 2.05) is 24.5 Å². The highest BCUT2D eigenvalue weighted by Gasteiger charge is 2.08. The molecule has 1 heterocycles. The minimum Gasteiger partial charge on any atom is -0.434 e. The summed E-state index contributed by atoms with van der Waals surface area (Å²) < 4.78 is 10.5. The summed E-state index contributed by atoms with van der Waals surface area (Å²) in [4.78, 5) is 21.0. The molecule has 0 fully saturated rings. The zero-order chi connectivity index (χ0) is 26.4. The Morgan fingerprint density at radius 1 is 0.649 bits per heavy atom. The lowest BCUT2D eigenvalue weighted by Crippen LogP contribution is -2.11. The number of aromatic nitrogens is 2. The molecule has 2 aromatic rings. The van der Waals surface area contributed by atoms with Crippen molar-refractivity contribution in [2.45, 2.75) is 129 Å². The van der Waals surface area contributed by atoms with Crippen LogP contribution in [0.3, 0.4) is 0 Å². The second-order valence-electron chi connectivity index (χ2n) is 10.2. The SMILES string of the molecule is CCCCCCCCCCCCc1cnc(-c2ccc(OC(=O)OCCCCCCCCC)cc2)nc1. The summed E-state index contributed by atoms with van der Waals surface area (Å²) in [5.41, 5.74) is 2.08. The standard InChI is InChI=1S/C32H50N2O3/c1-3-5-7-9-11-12-13-14-16-18-20-28-26-33-31(34-27-28)29-21-23-30(24-22-29)37-32(35)36-25-19-17-15-10-8-6-4-2/h21-24,26-27H,3-20,25H2,1-2H3. The Morgan fingerprint density at radius 2 is 1.14 bits per heavy atom. The summed E-state index contributed by atoms with van der Waals surface area (Å²) in [5, 5.41) is 0. The molecule has 1 aromatic heterocycles. The van der Waals surface area contributed by atoms with E-state index in [1.54, 1.807) is 12.1 Å². The van der Waals surface area contributed by atoms with E-state index in [0.29, 0.717) is 18.2 Å². The van der Waals surface area contributed by atoms with Gasteiger partial charge in [-0.15, -0.1) is 0 Å². The minimum absolute atomic E-state index is 0.407. The number of rotatable bonds is 21. The molecule has 0 atom stereocenters. The van der Waals surface area contributed by atoms with Crippen molar-refractivity contribution in [1.82, 2.24) is 9.97 Å². The fraction of sp³-hybridized carbons (Fsp3) is 0.656. The Kier molecular flexibility index (Phi) is 17.1. The van der Waals surface area contributed by atoms with E-state index in [-0.39, 0.29) is 0 Å². The Balaban J connectivity index is 1.58. The van der Waals surface area contributed by atoms with Crippen LogP contribution in [0.4, 0.5) is 4.79 Å². The van der Waals surface area contributed by atoms with Crippen molar-refractivity contribution in [2.24, 2.45) is 0 Å². The highest BCUT2D eigenvalue weighted by atomic mass is 16.7. The number of carbonyl (C=O) groups is 1. The van der Waals surface area contributed by atoms with Crippen LogP contribution in [0.25, 0.3) is 11.4 Å². The molecular formula is C32H50N2O3. The number of nitrogens with zero attached hydrogens (tertiary/aromatic N) is 2. The molecule has 0 saturated carbocycles. The van der Waals surface area contributed by atoms with E-state index < -0.39 is 6.16 Å². The van der Waals surface area contributed by atoms with Gasteiger partial charge in [-0.1, -0.05) is 110 Å². The molecule has 0 amide bonds.